The van der Waals surface area contributed by atoms with Gasteiger partial charge in [0.15, 0.2) is 0 Å². The summed E-state index contributed by atoms with van der Waals surface area (Å²) in [4.78, 5) is 19.5. The van der Waals surface area contributed by atoms with Crippen molar-refractivity contribution in [2.24, 2.45) is 0 Å². The zero-order valence-corrected chi connectivity index (χ0v) is 14.5. The molecule has 1 fully saturated rings. The highest BCUT2D eigenvalue weighted by Gasteiger charge is 2.21. The molecule has 1 aromatic carbocycles. The predicted octanol–water partition coefficient (Wildman–Crippen LogP) is 2.63. The Morgan fingerprint density at radius 1 is 1.12 bits per heavy atom. The molecule has 1 aliphatic heterocycles. The summed E-state index contributed by atoms with van der Waals surface area (Å²) in [5.74, 6) is 0.141. The van der Waals surface area contributed by atoms with E-state index in [0.29, 0.717) is 11.4 Å². The monoisotopic (exact) mass is 354 g/mol. The van der Waals surface area contributed by atoms with Crippen molar-refractivity contribution in [3.05, 3.63) is 59.4 Å². The molecule has 1 saturated heterocycles. The number of halogens is 1. The summed E-state index contributed by atoms with van der Waals surface area (Å²) in [6.45, 7) is 3.21. The van der Waals surface area contributed by atoms with E-state index in [1.807, 2.05) is 58.0 Å². The number of piperazine rings is 1. The molecular formula is C19H19ClN4O. The Balaban J connectivity index is 1.74. The quantitative estimate of drug-likeness (QED) is 0.786. The number of hydrogen-bond acceptors (Lipinski definition) is 3. The van der Waals surface area contributed by atoms with Crippen molar-refractivity contribution >= 4 is 23.2 Å². The minimum Gasteiger partial charge on any atom is -0.340 e. The fraction of sp³-hybridized carbons (Fsp3) is 0.263. The lowest BCUT2D eigenvalue weighted by Crippen LogP contribution is -2.47. The fourth-order valence-corrected chi connectivity index (χ4v) is 3.35. The normalized spacial score (nSPS) is 14.8. The van der Waals surface area contributed by atoms with Crippen LogP contribution in [0.2, 0.25) is 5.02 Å². The van der Waals surface area contributed by atoms with Crippen molar-refractivity contribution in [1.82, 2.24) is 19.6 Å². The maximum atomic E-state index is 12.8. The Labute approximate surface area is 151 Å². The summed E-state index contributed by atoms with van der Waals surface area (Å²) in [7, 11) is 0. The molecule has 3 aromatic rings. The van der Waals surface area contributed by atoms with Gasteiger partial charge in [0, 0.05) is 43.0 Å². The number of pyridine rings is 1. The molecule has 0 aliphatic carbocycles. The highest BCUT2D eigenvalue weighted by molar-refractivity contribution is 6.30. The Morgan fingerprint density at radius 2 is 1.88 bits per heavy atom. The standard InChI is InChI=1S/C19H19ClN4O/c20-15-6-4-14(5-7-15)19-16(24-10-2-1-3-17(24)22-19)13-18(25)23-11-8-21-9-12-23/h1-7,10,21H,8-9,11-13H2. The maximum absolute atomic E-state index is 12.8. The molecule has 1 N–H and O–H groups in total. The number of rotatable bonds is 3. The van der Waals surface area contributed by atoms with Gasteiger partial charge in [-0.05, 0) is 24.3 Å². The third-order valence-electron chi connectivity index (χ3n) is 4.53. The van der Waals surface area contributed by atoms with Crippen LogP contribution >= 0.6 is 11.6 Å². The molecule has 0 spiro atoms. The van der Waals surface area contributed by atoms with Crippen LogP contribution in [0.15, 0.2) is 48.7 Å². The summed E-state index contributed by atoms with van der Waals surface area (Å²) in [6, 6.07) is 13.5. The Hall–Kier alpha value is -2.37. The smallest absolute Gasteiger partial charge is 0.228 e. The Bertz CT molecular complexity index is 897. The number of nitrogens with one attached hydrogen (secondary N) is 1. The minimum absolute atomic E-state index is 0.141. The van der Waals surface area contributed by atoms with E-state index >= 15 is 0 Å². The second kappa shape index (κ2) is 6.86. The first kappa shape index (κ1) is 16.1. The number of amides is 1. The van der Waals surface area contributed by atoms with E-state index in [-0.39, 0.29) is 5.91 Å². The molecule has 0 radical (unpaired) electrons. The summed E-state index contributed by atoms with van der Waals surface area (Å²) in [6.07, 6.45) is 2.30. The van der Waals surface area contributed by atoms with E-state index < -0.39 is 0 Å². The molecule has 2 aromatic heterocycles. The van der Waals surface area contributed by atoms with Crippen LogP contribution in [0.5, 0.6) is 0 Å². The van der Waals surface area contributed by atoms with Gasteiger partial charge in [0.05, 0.1) is 17.8 Å². The molecule has 1 aliphatic rings. The highest BCUT2D eigenvalue weighted by atomic mass is 35.5. The number of fused-ring (bicyclic) bond motifs is 1. The van der Waals surface area contributed by atoms with Gasteiger partial charge in [-0.2, -0.15) is 0 Å². The molecule has 0 bridgehead atoms. The van der Waals surface area contributed by atoms with Gasteiger partial charge >= 0.3 is 0 Å². The fourth-order valence-electron chi connectivity index (χ4n) is 3.22. The van der Waals surface area contributed by atoms with Crippen LogP contribution in [-0.2, 0) is 11.2 Å². The SMILES string of the molecule is O=C(Cc1c(-c2ccc(Cl)cc2)nc2ccccn12)N1CCNCC1. The van der Waals surface area contributed by atoms with Crippen molar-refractivity contribution in [2.45, 2.75) is 6.42 Å². The van der Waals surface area contributed by atoms with Crippen molar-refractivity contribution in [1.29, 1.82) is 0 Å². The lowest BCUT2D eigenvalue weighted by molar-refractivity contribution is -0.131. The van der Waals surface area contributed by atoms with Gasteiger partial charge in [-0.25, -0.2) is 4.98 Å². The van der Waals surface area contributed by atoms with Crippen LogP contribution in [0.4, 0.5) is 0 Å². The first-order chi connectivity index (χ1) is 12.2. The van der Waals surface area contributed by atoms with Gasteiger partial charge in [-0.1, -0.05) is 29.8 Å². The second-order valence-corrected chi connectivity index (χ2v) is 6.59. The van der Waals surface area contributed by atoms with E-state index in [4.69, 9.17) is 16.6 Å². The van der Waals surface area contributed by atoms with Gasteiger partial charge in [0.25, 0.3) is 0 Å². The summed E-state index contributed by atoms with van der Waals surface area (Å²) in [5.41, 5.74) is 3.57. The first-order valence-corrected chi connectivity index (χ1v) is 8.80. The average molecular weight is 355 g/mol. The molecule has 128 valence electrons. The third-order valence-corrected chi connectivity index (χ3v) is 4.79. The van der Waals surface area contributed by atoms with Crippen LogP contribution in [0.3, 0.4) is 0 Å². The van der Waals surface area contributed by atoms with Gasteiger partial charge < -0.3 is 14.6 Å². The number of carbonyl (C=O) groups excluding carboxylic acids is 1. The van der Waals surface area contributed by atoms with Gasteiger partial charge in [0.2, 0.25) is 5.91 Å². The van der Waals surface area contributed by atoms with Crippen molar-refractivity contribution in [2.75, 3.05) is 26.2 Å². The van der Waals surface area contributed by atoms with Crippen molar-refractivity contribution in [3.8, 4) is 11.3 Å². The highest BCUT2D eigenvalue weighted by Crippen LogP contribution is 2.26. The number of hydrogen-bond donors (Lipinski definition) is 1. The molecule has 1 amide bonds. The molecule has 4 rings (SSSR count). The van der Waals surface area contributed by atoms with Crippen LogP contribution in [0.25, 0.3) is 16.9 Å². The molecular weight excluding hydrogens is 336 g/mol. The second-order valence-electron chi connectivity index (χ2n) is 6.15. The van der Waals surface area contributed by atoms with Crippen LogP contribution in [0.1, 0.15) is 5.69 Å². The summed E-state index contributed by atoms with van der Waals surface area (Å²) >= 11 is 6.01. The lowest BCUT2D eigenvalue weighted by Gasteiger charge is -2.27. The molecule has 3 heterocycles. The molecule has 25 heavy (non-hydrogen) atoms. The van der Waals surface area contributed by atoms with E-state index in [0.717, 1.165) is 48.8 Å². The van der Waals surface area contributed by atoms with E-state index in [1.165, 1.54) is 0 Å². The van der Waals surface area contributed by atoms with Crippen LogP contribution < -0.4 is 5.32 Å². The van der Waals surface area contributed by atoms with Crippen molar-refractivity contribution < 1.29 is 4.79 Å². The predicted molar refractivity (Wildman–Crippen MR) is 98.8 cm³/mol. The molecule has 5 nitrogen and oxygen atoms in total. The number of carbonyl (C=O) groups is 1. The number of imidazole rings is 1. The van der Waals surface area contributed by atoms with Gasteiger partial charge in [-0.3, -0.25) is 4.79 Å². The van der Waals surface area contributed by atoms with E-state index in [9.17, 15) is 4.79 Å². The zero-order valence-electron chi connectivity index (χ0n) is 13.8. The third kappa shape index (κ3) is 3.25. The Morgan fingerprint density at radius 3 is 2.64 bits per heavy atom. The number of nitrogens with zero attached hydrogens (tertiary/aromatic N) is 3. The summed E-state index contributed by atoms with van der Waals surface area (Å²) < 4.78 is 2.00. The topological polar surface area (TPSA) is 49.6 Å². The number of benzene rings is 1. The van der Waals surface area contributed by atoms with Gasteiger partial charge in [0.1, 0.15) is 5.65 Å². The largest absolute Gasteiger partial charge is 0.340 e. The van der Waals surface area contributed by atoms with Crippen LogP contribution in [0, 0.1) is 0 Å². The minimum atomic E-state index is 0.141. The van der Waals surface area contributed by atoms with Crippen molar-refractivity contribution in [3.63, 3.8) is 0 Å². The number of aromatic nitrogens is 2. The molecule has 0 unspecified atom stereocenters. The molecule has 0 saturated carbocycles. The maximum Gasteiger partial charge on any atom is 0.228 e. The zero-order chi connectivity index (χ0) is 17.2. The molecule has 0 atom stereocenters. The average Bonchev–Trinajstić information content (AvgIpc) is 3.02. The van der Waals surface area contributed by atoms with E-state index in [1.54, 1.807) is 0 Å². The molecule has 6 heteroatoms. The summed E-state index contributed by atoms with van der Waals surface area (Å²) in [5, 5.41) is 3.96. The Kier molecular flexibility index (Phi) is 4.42. The lowest BCUT2D eigenvalue weighted by atomic mass is 10.1. The van der Waals surface area contributed by atoms with Crippen LogP contribution in [-0.4, -0.2) is 46.4 Å². The van der Waals surface area contributed by atoms with E-state index in [2.05, 4.69) is 5.32 Å². The first-order valence-electron chi connectivity index (χ1n) is 8.43. The van der Waals surface area contributed by atoms with Gasteiger partial charge in [-0.15, -0.1) is 0 Å².